The molecule has 0 aliphatic carbocycles. The number of carbonyl (C=O) groups excluding carboxylic acids is 1. The molecule has 2 amide bonds. The molecule has 2 saturated heterocycles. The van der Waals surface area contributed by atoms with E-state index < -0.39 is 5.79 Å². The maximum absolute atomic E-state index is 12.5. The van der Waals surface area contributed by atoms with Gasteiger partial charge in [-0.05, 0) is 30.4 Å². The summed E-state index contributed by atoms with van der Waals surface area (Å²) in [6, 6.07) is 8.55. The summed E-state index contributed by atoms with van der Waals surface area (Å²) in [6.07, 6.45) is 2.58. The molecule has 2 fully saturated rings. The molecular weight excluding hydrogens is 316 g/mol. The number of nitrogens with one attached hydrogen (secondary N) is 1. The summed E-state index contributed by atoms with van der Waals surface area (Å²) in [4.78, 5) is 14.4. The first-order valence-electron chi connectivity index (χ1n) is 9.40. The SMILES string of the molecule is CC(C)Cc1ccc(C(C)NC(=O)N2CCC3(CC2)OCCO3)cc1. The van der Waals surface area contributed by atoms with Gasteiger partial charge in [-0.1, -0.05) is 38.1 Å². The Labute approximate surface area is 150 Å². The third kappa shape index (κ3) is 4.53. The van der Waals surface area contributed by atoms with Crippen LogP contribution in [0.15, 0.2) is 24.3 Å². The number of amides is 2. The van der Waals surface area contributed by atoms with E-state index in [2.05, 4.69) is 43.4 Å². The Balaban J connectivity index is 1.50. The van der Waals surface area contributed by atoms with E-state index in [-0.39, 0.29) is 12.1 Å². The molecule has 1 unspecified atom stereocenters. The van der Waals surface area contributed by atoms with Crippen molar-refractivity contribution in [2.45, 2.75) is 51.9 Å². The molecule has 0 bridgehead atoms. The lowest BCUT2D eigenvalue weighted by Crippen LogP contribution is -2.50. The predicted octanol–water partition coefficient (Wildman–Crippen LogP) is 3.49. The van der Waals surface area contributed by atoms with Crippen LogP contribution in [-0.2, 0) is 15.9 Å². The van der Waals surface area contributed by atoms with Gasteiger partial charge in [0.2, 0.25) is 0 Å². The van der Waals surface area contributed by atoms with Crippen LogP contribution in [0.3, 0.4) is 0 Å². The highest BCUT2D eigenvalue weighted by molar-refractivity contribution is 5.74. The molecule has 0 radical (unpaired) electrons. The van der Waals surface area contributed by atoms with Gasteiger partial charge in [0.15, 0.2) is 5.79 Å². The smallest absolute Gasteiger partial charge is 0.317 e. The van der Waals surface area contributed by atoms with Crippen molar-refractivity contribution < 1.29 is 14.3 Å². The molecule has 5 heteroatoms. The summed E-state index contributed by atoms with van der Waals surface area (Å²) in [5.74, 6) is 0.215. The molecule has 2 heterocycles. The normalized spacial score (nSPS) is 20.9. The molecule has 1 aromatic carbocycles. The molecule has 2 aliphatic rings. The first-order valence-corrected chi connectivity index (χ1v) is 9.40. The highest BCUT2D eigenvalue weighted by Crippen LogP contribution is 2.31. The number of piperidine rings is 1. The third-order valence-corrected chi connectivity index (χ3v) is 5.09. The van der Waals surface area contributed by atoms with Crippen LogP contribution in [0.2, 0.25) is 0 Å². The van der Waals surface area contributed by atoms with Crippen LogP contribution < -0.4 is 5.32 Å². The Morgan fingerprint density at radius 2 is 1.72 bits per heavy atom. The molecule has 1 aromatic rings. The van der Waals surface area contributed by atoms with Gasteiger partial charge in [0.05, 0.1) is 19.3 Å². The summed E-state index contributed by atoms with van der Waals surface area (Å²) in [7, 11) is 0. The Hall–Kier alpha value is -1.59. The van der Waals surface area contributed by atoms with E-state index in [1.165, 1.54) is 5.56 Å². The van der Waals surface area contributed by atoms with Crippen LogP contribution in [0.4, 0.5) is 4.79 Å². The van der Waals surface area contributed by atoms with Gasteiger partial charge in [0.25, 0.3) is 0 Å². The zero-order valence-corrected chi connectivity index (χ0v) is 15.6. The Morgan fingerprint density at radius 3 is 2.28 bits per heavy atom. The quantitative estimate of drug-likeness (QED) is 0.908. The van der Waals surface area contributed by atoms with E-state index >= 15 is 0 Å². The number of ether oxygens (including phenoxy) is 2. The Morgan fingerprint density at radius 1 is 1.12 bits per heavy atom. The third-order valence-electron chi connectivity index (χ3n) is 5.09. The maximum atomic E-state index is 12.5. The zero-order valence-electron chi connectivity index (χ0n) is 15.6. The van der Waals surface area contributed by atoms with E-state index in [0.29, 0.717) is 32.2 Å². The van der Waals surface area contributed by atoms with Crippen molar-refractivity contribution in [1.82, 2.24) is 10.2 Å². The van der Waals surface area contributed by atoms with Gasteiger partial charge in [-0.3, -0.25) is 0 Å². The fourth-order valence-electron chi connectivity index (χ4n) is 3.61. The number of carbonyl (C=O) groups is 1. The van der Waals surface area contributed by atoms with Crippen molar-refractivity contribution in [2.75, 3.05) is 26.3 Å². The number of benzene rings is 1. The lowest BCUT2D eigenvalue weighted by molar-refractivity contribution is -0.181. The largest absolute Gasteiger partial charge is 0.347 e. The lowest BCUT2D eigenvalue weighted by atomic mass is 10.00. The summed E-state index contributed by atoms with van der Waals surface area (Å²) in [5, 5.41) is 3.11. The standard InChI is InChI=1S/C20H30N2O3/c1-15(2)14-17-4-6-18(7-5-17)16(3)21-19(23)22-10-8-20(9-11-22)24-12-13-25-20/h4-7,15-16H,8-14H2,1-3H3,(H,21,23). The number of rotatable bonds is 4. The molecule has 1 N–H and O–H groups in total. The monoisotopic (exact) mass is 346 g/mol. The topological polar surface area (TPSA) is 50.8 Å². The Bertz CT molecular complexity index is 569. The van der Waals surface area contributed by atoms with Crippen LogP contribution in [0.25, 0.3) is 0 Å². The van der Waals surface area contributed by atoms with E-state index in [1.807, 2.05) is 11.8 Å². The second kappa shape index (κ2) is 7.75. The van der Waals surface area contributed by atoms with Gasteiger partial charge in [-0.2, -0.15) is 0 Å². The number of likely N-dealkylation sites (tertiary alicyclic amines) is 1. The van der Waals surface area contributed by atoms with E-state index in [4.69, 9.17) is 9.47 Å². The Kier molecular flexibility index (Phi) is 5.64. The van der Waals surface area contributed by atoms with Crippen LogP contribution in [0, 0.1) is 5.92 Å². The number of urea groups is 1. The van der Waals surface area contributed by atoms with Gasteiger partial charge < -0.3 is 19.7 Å². The van der Waals surface area contributed by atoms with E-state index in [9.17, 15) is 4.79 Å². The van der Waals surface area contributed by atoms with Crippen LogP contribution in [-0.4, -0.2) is 43.0 Å². The van der Waals surface area contributed by atoms with Gasteiger partial charge in [0, 0.05) is 25.9 Å². The van der Waals surface area contributed by atoms with E-state index in [1.54, 1.807) is 0 Å². The van der Waals surface area contributed by atoms with Crippen molar-refractivity contribution in [3.8, 4) is 0 Å². The van der Waals surface area contributed by atoms with Gasteiger partial charge in [-0.15, -0.1) is 0 Å². The first-order chi connectivity index (χ1) is 12.0. The molecule has 0 saturated carbocycles. The molecule has 3 rings (SSSR count). The number of hydrogen-bond donors (Lipinski definition) is 1. The molecule has 1 atom stereocenters. The second-order valence-corrected chi connectivity index (χ2v) is 7.61. The van der Waals surface area contributed by atoms with Crippen molar-refractivity contribution in [3.05, 3.63) is 35.4 Å². The highest BCUT2D eigenvalue weighted by Gasteiger charge is 2.40. The molecule has 25 heavy (non-hydrogen) atoms. The van der Waals surface area contributed by atoms with Crippen LogP contribution >= 0.6 is 0 Å². The minimum atomic E-state index is -0.436. The zero-order chi connectivity index (χ0) is 17.9. The minimum Gasteiger partial charge on any atom is -0.347 e. The molecule has 5 nitrogen and oxygen atoms in total. The molecule has 2 aliphatic heterocycles. The van der Waals surface area contributed by atoms with Gasteiger partial charge >= 0.3 is 6.03 Å². The maximum Gasteiger partial charge on any atom is 0.317 e. The minimum absolute atomic E-state index is 0.00420. The second-order valence-electron chi connectivity index (χ2n) is 7.61. The molecule has 1 spiro atoms. The van der Waals surface area contributed by atoms with Crippen molar-refractivity contribution >= 4 is 6.03 Å². The summed E-state index contributed by atoms with van der Waals surface area (Å²) >= 11 is 0. The first kappa shape index (κ1) is 18.2. The average Bonchev–Trinajstić information content (AvgIpc) is 3.03. The summed E-state index contributed by atoms with van der Waals surface area (Å²) in [6.45, 7) is 9.15. The lowest BCUT2D eigenvalue weighted by Gasteiger charge is -2.37. The van der Waals surface area contributed by atoms with Crippen molar-refractivity contribution in [2.24, 2.45) is 5.92 Å². The fourth-order valence-corrected chi connectivity index (χ4v) is 3.61. The van der Waals surface area contributed by atoms with Gasteiger partial charge in [-0.25, -0.2) is 4.79 Å². The van der Waals surface area contributed by atoms with Crippen LogP contribution in [0.1, 0.15) is 50.8 Å². The van der Waals surface area contributed by atoms with Gasteiger partial charge in [0.1, 0.15) is 0 Å². The van der Waals surface area contributed by atoms with E-state index in [0.717, 1.165) is 24.8 Å². The average molecular weight is 346 g/mol. The van der Waals surface area contributed by atoms with Crippen LogP contribution in [0.5, 0.6) is 0 Å². The fraction of sp³-hybridized carbons (Fsp3) is 0.650. The van der Waals surface area contributed by atoms with Crippen molar-refractivity contribution in [1.29, 1.82) is 0 Å². The predicted molar refractivity (Wildman–Crippen MR) is 97.4 cm³/mol. The number of hydrogen-bond acceptors (Lipinski definition) is 3. The summed E-state index contributed by atoms with van der Waals surface area (Å²) < 4.78 is 11.4. The molecule has 138 valence electrons. The number of nitrogens with zero attached hydrogens (tertiary/aromatic N) is 1. The molecular formula is C20H30N2O3. The molecule has 0 aromatic heterocycles. The highest BCUT2D eigenvalue weighted by atomic mass is 16.7. The summed E-state index contributed by atoms with van der Waals surface area (Å²) in [5.41, 5.74) is 2.48. The van der Waals surface area contributed by atoms with Crippen molar-refractivity contribution in [3.63, 3.8) is 0 Å².